The monoisotopic (exact) mass is 391 g/mol. The van der Waals surface area contributed by atoms with Crippen LogP contribution in [0.5, 0.6) is 0 Å². The summed E-state index contributed by atoms with van der Waals surface area (Å²) >= 11 is 0. The lowest BCUT2D eigenvalue weighted by Gasteiger charge is -2.28. The van der Waals surface area contributed by atoms with E-state index in [1.54, 1.807) is 0 Å². The first kappa shape index (κ1) is 18.1. The van der Waals surface area contributed by atoms with Gasteiger partial charge in [-0.2, -0.15) is 15.0 Å². The van der Waals surface area contributed by atoms with E-state index in [1.165, 1.54) is 5.56 Å². The van der Waals surface area contributed by atoms with Crippen LogP contribution in [0, 0.1) is 0 Å². The molecule has 1 aliphatic carbocycles. The minimum atomic E-state index is 0.112. The van der Waals surface area contributed by atoms with Crippen molar-refractivity contribution in [2.75, 3.05) is 31.2 Å². The largest absolute Gasteiger partial charge is 0.378 e. The first-order valence-electron chi connectivity index (χ1n) is 10.3. The van der Waals surface area contributed by atoms with Crippen LogP contribution in [0.4, 0.5) is 5.95 Å². The first-order chi connectivity index (χ1) is 14.3. The maximum Gasteiger partial charge on any atom is 0.240 e. The first-order valence-corrected chi connectivity index (χ1v) is 10.3. The Morgan fingerprint density at radius 3 is 2.90 bits per heavy atom. The Kier molecular flexibility index (Phi) is 4.85. The fourth-order valence-corrected chi connectivity index (χ4v) is 4.00. The number of hydrogen-bond acceptors (Lipinski definition) is 6. The van der Waals surface area contributed by atoms with Gasteiger partial charge >= 0.3 is 0 Å². The van der Waals surface area contributed by atoms with E-state index in [-0.39, 0.29) is 5.92 Å². The van der Waals surface area contributed by atoms with Gasteiger partial charge in [0.25, 0.3) is 0 Å². The molecular formula is C21H25N7O. The van der Waals surface area contributed by atoms with Crippen LogP contribution in [0.25, 0.3) is 12.0 Å². The summed E-state index contributed by atoms with van der Waals surface area (Å²) in [4.78, 5) is 24.6. The van der Waals surface area contributed by atoms with Gasteiger partial charge in [-0.05, 0) is 30.5 Å². The normalized spacial score (nSPS) is 18.8. The van der Waals surface area contributed by atoms with Gasteiger partial charge in [0.1, 0.15) is 11.6 Å². The van der Waals surface area contributed by atoms with Crippen molar-refractivity contribution in [1.82, 2.24) is 29.5 Å². The molecule has 1 N–H and O–H groups in total. The number of imidazole rings is 1. The van der Waals surface area contributed by atoms with Gasteiger partial charge in [0.2, 0.25) is 11.9 Å². The molecule has 3 aromatic heterocycles. The molecule has 1 atom stereocenters. The zero-order valence-electron chi connectivity index (χ0n) is 16.6. The van der Waals surface area contributed by atoms with Gasteiger partial charge < -0.3 is 14.6 Å². The van der Waals surface area contributed by atoms with E-state index in [9.17, 15) is 0 Å². The highest BCUT2D eigenvalue weighted by atomic mass is 16.5. The minimum Gasteiger partial charge on any atom is -0.378 e. The Morgan fingerprint density at radius 1 is 1.17 bits per heavy atom. The summed E-state index contributed by atoms with van der Waals surface area (Å²) in [6.07, 6.45) is 12.8. The van der Waals surface area contributed by atoms with Crippen LogP contribution in [0.2, 0.25) is 0 Å². The average Bonchev–Trinajstić information content (AvgIpc) is 3.43. The standard InChI is InChI=1S/C21H25N7O/c1-2-4-18-23-9-10-28(18)21-25-19(16-5-3-6-17-15(16)7-8-22-17)24-20(26-21)27-11-13-29-14-12-27/h3,6-10,16,22H,2,4-5,11-14H2,1H3. The summed E-state index contributed by atoms with van der Waals surface area (Å²) in [6.45, 7) is 5.11. The van der Waals surface area contributed by atoms with E-state index in [4.69, 9.17) is 19.7 Å². The number of fused-ring (bicyclic) bond motifs is 1. The molecule has 8 nitrogen and oxygen atoms in total. The molecule has 1 fully saturated rings. The molecule has 150 valence electrons. The Labute approximate surface area is 169 Å². The van der Waals surface area contributed by atoms with E-state index in [0.29, 0.717) is 19.2 Å². The molecule has 8 heteroatoms. The van der Waals surface area contributed by atoms with Gasteiger partial charge in [0, 0.05) is 49.7 Å². The minimum absolute atomic E-state index is 0.112. The maximum absolute atomic E-state index is 5.52. The smallest absolute Gasteiger partial charge is 0.240 e. The van der Waals surface area contributed by atoms with Crippen LogP contribution in [0.3, 0.4) is 0 Å². The molecule has 0 bridgehead atoms. The van der Waals surface area contributed by atoms with Crippen molar-refractivity contribution in [1.29, 1.82) is 0 Å². The summed E-state index contributed by atoms with van der Waals surface area (Å²) in [5.41, 5.74) is 2.36. The number of aryl methyl sites for hydroxylation is 1. The highest BCUT2D eigenvalue weighted by Gasteiger charge is 2.26. The number of allylic oxidation sites excluding steroid dienone is 1. The highest BCUT2D eigenvalue weighted by molar-refractivity contribution is 5.56. The third kappa shape index (κ3) is 3.44. The average molecular weight is 391 g/mol. The molecule has 1 saturated heterocycles. The van der Waals surface area contributed by atoms with Crippen molar-refractivity contribution < 1.29 is 4.74 Å². The number of aromatic nitrogens is 6. The van der Waals surface area contributed by atoms with Gasteiger partial charge in [-0.25, -0.2) is 4.98 Å². The number of nitrogens with zero attached hydrogens (tertiary/aromatic N) is 6. The van der Waals surface area contributed by atoms with E-state index in [0.717, 1.165) is 55.6 Å². The number of H-pyrrole nitrogens is 1. The molecule has 5 rings (SSSR count). The highest BCUT2D eigenvalue weighted by Crippen LogP contribution is 2.33. The van der Waals surface area contributed by atoms with Crippen LogP contribution >= 0.6 is 0 Å². The topological polar surface area (TPSA) is 84.8 Å². The van der Waals surface area contributed by atoms with Gasteiger partial charge in [0.15, 0.2) is 0 Å². The van der Waals surface area contributed by atoms with Crippen LogP contribution in [0.15, 0.2) is 30.7 Å². The predicted octanol–water partition coefficient (Wildman–Crippen LogP) is 2.72. The van der Waals surface area contributed by atoms with Crippen molar-refractivity contribution in [3.63, 3.8) is 0 Å². The number of anilines is 1. The second-order valence-electron chi connectivity index (χ2n) is 7.39. The van der Waals surface area contributed by atoms with Gasteiger partial charge in [-0.1, -0.05) is 13.0 Å². The summed E-state index contributed by atoms with van der Waals surface area (Å²) in [6, 6.07) is 2.13. The molecule has 0 spiro atoms. The quantitative estimate of drug-likeness (QED) is 0.720. The van der Waals surface area contributed by atoms with Crippen LogP contribution < -0.4 is 4.90 Å². The molecular weight excluding hydrogens is 366 g/mol. The maximum atomic E-state index is 5.52. The van der Waals surface area contributed by atoms with E-state index in [2.05, 4.69) is 40.0 Å². The summed E-state index contributed by atoms with van der Waals surface area (Å²) in [5.74, 6) is 3.25. The number of morpholine rings is 1. The predicted molar refractivity (Wildman–Crippen MR) is 110 cm³/mol. The number of nitrogens with one attached hydrogen (secondary N) is 1. The third-order valence-corrected chi connectivity index (χ3v) is 5.49. The second kappa shape index (κ2) is 7.79. The fourth-order valence-electron chi connectivity index (χ4n) is 4.00. The number of aromatic amines is 1. The zero-order chi connectivity index (χ0) is 19.6. The van der Waals surface area contributed by atoms with Crippen LogP contribution in [-0.4, -0.2) is 55.8 Å². The van der Waals surface area contributed by atoms with Crippen molar-refractivity contribution >= 4 is 12.0 Å². The number of rotatable bonds is 5. The number of hydrogen-bond donors (Lipinski definition) is 1. The zero-order valence-corrected chi connectivity index (χ0v) is 16.6. The SMILES string of the molecule is CCCc1nccn1-c1nc(C2CC=Cc3[nH]ccc32)nc(N2CCOCC2)n1. The van der Waals surface area contributed by atoms with Gasteiger partial charge in [-0.15, -0.1) is 0 Å². The van der Waals surface area contributed by atoms with Crippen LogP contribution in [-0.2, 0) is 11.2 Å². The lowest BCUT2D eigenvalue weighted by molar-refractivity contribution is 0.122. The molecule has 2 aliphatic rings. The van der Waals surface area contributed by atoms with Crippen molar-refractivity contribution in [2.24, 2.45) is 0 Å². The van der Waals surface area contributed by atoms with Crippen molar-refractivity contribution in [2.45, 2.75) is 32.1 Å². The Bertz CT molecular complexity index is 1020. The molecule has 1 aliphatic heterocycles. The van der Waals surface area contributed by atoms with E-state index in [1.807, 2.05) is 23.2 Å². The van der Waals surface area contributed by atoms with Gasteiger partial charge in [0.05, 0.1) is 13.2 Å². The summed E-state index contributed by atoms with van der Waals surface area (Å²) in [7, 11) is 0. The lowest BCUT2D eigenvalue weighted by atomic mass is 9.91. The summed E-state index contributed by atoms with van der Waals surface area (Å²) in [5, 5.41) is 0. The lowest BCUT2D eigenvalue weighted by Crippen LogP contribution is -2.38. The van der Waals surface area contributed by atoms with Crippen molar-refractivity contribution in [3.05, 3.63) is 53.6 Å². The molecule has 0 amide bonds. The molecule has 0 aromatic carbocycles. The number of ether oxygens (including phenoxy) is 1. The molecule has 3 aromatic rings. The van der Waals surface area contributed by atoms with Crippen LogP contribution in [0.1, 0.15) is 48.6 Å². The molecule has 0 saturated carbocycles. The van der Waals surface area contributed by atoms with Gasteiger partial charge in [-0.3, -0.25) is 4.57 Å². The molecule has 4 heterocycles. The Hall–Kier alpha value is -3.00. The second-order valence-corrected chi connectivity index (χ2v) is 7.39. The van der Waals surface area contributed by atoms with Crippen molar-refractivity contribution in [3.8, 4) is 5.95 Å². The van der Waals surface area contributed by atoms with E-state index >= 15 is 0 Å². The molecule has 29 heavy (non-hydrogen) atoms. The van der Waals surface area contributed by atoms with E-state index < -0.39 is 0 Å². The molecule has 0 radical (unpaired) electrons. The Morgan fingerprint density at radius 2 is 2.03 bits per heavy atom. The summed E-state index contributed by atoms with van der Waals surface area (Å²) < 4.78 is 7.51. The third-order valence-electron chi connectivity index (χ3n) is 5.49. The fraction of sp³-hybridized carbons (Fsp3) is 0.429. The Balaban J connectivity index is 1.61. The molecule has 1 unspecified atom stereocenters.